The Kier molecular flexibility index (Phi) is 6.54. The summed E-state index contributed by atoms with van der Waals surface area (Å²) in [6, 6.07) is 0. The first-order valence-electron chi connectivity index (χ1n) is 5.60. The summed E-state index contributed by atoms with van der Waals surface area (Å²) >= 11 is 8.62. The summed E-state index contributed by atoms with van der Waals surface area (Å²) in [5, 5.41) is 7.33. The monoisotopic (exact) mass is 358 g/mol. The van der Waals surface area contributed by atoms with E-state index in [1.165, 1.54) is 11.7 Å². The molecule has 104 valence electrons. The van der Waals surface area contributed by atoms with Crippen LogP contribution in [-0.2, 0) is 17.1 Å². The number of sulfonamides is 1. The number of hydrogen-bond acceptors (Lipinski definition) is 4. The van der Waals surface area contributed by atoms with Crippen LogP contribution < -0.4 is 4.72 Å². The molecule has 0 unspecified atom stereocenters. The molecule has 1 aromatic heterocycles. The lowest BCUT2D eigenvalue weighted by atomic mass is 10.2. The van der Waals surface area contributed by atoms with E-state index >= 15 is 0 Å². The van der Waals surface area contributed by atoms with Gasteiger partial charge >= 0.3 is 0 Å². The second kappa shape index (κ2) is 7.42. The molecule has 9 heteroatoms. The molecule has 0 aromatic carbocycles. The minimum Gasteiger partial charge on any atom is -0.235 e. The maximum absolute atomic E-state index is 12.0. The molecule has 0 aliphatic heterocycles. The molecule has 0 atom stereocenters. The van der Waals surface area contributed by atoms with E-state index in [1.807, 2.05) is 0 Å². The van der Waals surface area contributed by atoms with Gasteiger partial charge in [0.1, 0.15) is 0 Å². The fourth-order valence-electron chi connectivity index (χ4n) is 1.46. The van der Waals surface area contributed by atoms with E-state index in [1.54, 1.807) is 0 Å². The average Bonchev–Trinajstić information content (AvgIpc) is 2.64. The highest BCUT2D eigenvalue weighted by Crippen LogP contribution is 2.17. The Labute approximate surface area is 120 Å². The lowest BCUT2D eigenvalue weighted by Crippen LogP contribution is -2.27. The first kappa shape index (κ1) is 15.9. The van der Waals surface area contributed by atoms with E-state index in [9.17, 15) is 8.42 Å². The maximum Gasteiger partial charge on any atom is 0.260 e. The van der Waals surface area contributed by atoms with Gasteiger partial charge in [-0.05, 0) is 28.8 Å². The van der Waals surface area contributed by atoms with Crippen molar-refractivity contribution >= 4 is 37.6 Å². The lowest BCUT2D eigenvalue weighted by molar-refractivity contribution is 0.555. The Morgan fingerprint density at radius 2 is 2.00 bits per heavy atom. The Bertz CT molecular complexity index is 457. The largest absolute Gasteiger partial charge is 0.260 e. The molecule has 0 saturated carbocycles. The van der Waals surface area contributed by atoms with E-state index in [2.05, 4.69) is 31.0 Å². The molecular weight excluding hydrogens is 344 g/mol. The van der Waals surface area contributed by atoms with Crippen molar-refractivity contribution in [3.05, 3.63) is 4.60 Å². The summed E-state index contributed by atoms with van der Waals surface area (Å²) in [6.45, 7) is 0.405. The van der Waals surface area contributed by atoms with Gasteiger partial charge in [-0.1, -0.05) is 18.1 Å². The third-order valence-corrected chi connectivity index (χ3v) is 4.96. The third-order valence-electron chi connectivity index (χ3n) is 2.34. The van der Waals surface area contributed by atoms with Gasteiger partial charge in [-0.15, -0.1) is 16.7 Å². The van der Waals surface area contributed by atoms with E-state index in [0.29, 0.717) is 12.4 Å². The second-order valence-electron chi connectivity index (χ2n) is 3.81. The summed E-state index contributed by atoms with van der Waals surface area (Å²) in [5.41, 5.74) is 0. The Morgan fingerprint density at radius 1 is 1.33 bits per heavy atom. The molecular formula is C9H16BrClN4O2S. The highest BCUT2D eigenvalue weighted by Gasteiger charge is 2.22. The fraction of sp³-hybridized carbons (Fsp3) is 0.778. The molecule has 0 bridgehead atoms. The van der Waals surface area contributed by atoms with Crippen molar-refractivity contribution in [3.8, 4) is 0 Å². The van der Waals surface area contributed by atoms with Crippen LogP contribution in [0.4, 0.5) is 0 Å². The molecule has 0 amide bonds. The smallest absolute Gasteiger partial charge is 0.235 e. The molecule has 1 N–H and O–H groups in total. The first-order chi connectivity index (χ1) is 8.49. The van der Waals surface area contributed by atoms with Crippen molar-refractivity contribution in [1.29, 1.82) is 0 Å². The molecule has 0 saturated heterocycles. The average molecular weight is 360 g/mol. The number of alkyl halides is 1. The fourth-order valence-corrected chi connectivity index (χ4v) is 3.81. The predicted molar refractivity (Wildman–Crippen MR) is 73.1 cm³/mol. The van der Waals surface area contributed by atoms with Gasteiger partial charge in [0.2, 0.25) is 5.03 Å². The molecule has 6 nitrogen and oxygen atoms in total. The minimum absolute atomic E-state index is 0.0447. The Morgan fingerprint density at radius 3 is 2.56 bits per heavy atom. The summed E-state index contributed by atoms with van der Waals surface area (Å²) in [7, 11) is -2.02. The van der Waals surface area contributed by atoms with E-state index in [4.69, 9.17) is 11.6 Å². The predicted octanol–water partition coefficient (Wildman–Crippen LogP) is 1.66. The number of rotatable bonds is 8. The third kappa shape index (κ3) is 4.49. The summed E-state index contributed by atoms with van der Waals surface area (Å²) < 4.78 is 27.9. The minimum atomic E-state index is -3.56. The Balaban J connectivity index is 2.46. The molecule has 0 fully saturated rings. The normalized spacial score (nSPS) is 11.9. The molecule has 1 heterocycles. The van der Waals surface area contributed by atoms with Gasteiger partial charge in [0.25, 0.3) is 10.0 Å². The number of hydrogen-bond donors (Lipinski definition) is 1. The zero-order valence-electron chi connectivity index (χ0n) is 10.1. The zero-order valence-corrected chi connectivity index (χ0v) is 13.2. The van der Waals surface area contributed by atoms with Crippen LogP contribution in [0.25, 0.3) is 0 Å². The lowest BCUT2D eigenvalue weighted by Gasteiger charge is -2.06. The molecule has 0 aliphatic carbocycles. The van der Waals surface area contributed by atoms with Crippen LogP contribution in [0.5, 0.6) is 0 Å². The standard InChI is InChI=1S/C9H16BrClN4O2S/c1-15-9(8(10)13-14-15)18(16,17)12-7-5-3-2-4-6-11/h12H,2-7H2,1H3. The van der Waals surface area contributed by atoms with Gasteiger partial charge in [-0.3, -0.25) is 0 Å². The van der Waals surface area contributed by atoms with Gasteiger partial charge in [0.15, 0.2) is 4.60 Å². The van der Waals surface area contributed by atoms with Crippen LogP contribution in [-0.4, -0.2) is 35.8 Å². The molecule has 0 spiro atoms. The van der Waals surface area contributed by atoms with Gasteiger partial charge in [-0.25, -0.2) is 17.8 Å². The van der Waals surface area contributed by atoms with Crippen molar-refractivity contribution in [2.45, 2.75) is 30.7 Å². The highest BCUT2D eigenvalue weighted by atomic mass is 79.9. The van der Waals surface area contributed by atoms with Gasteiger partial charge in [0.05, 0.1) is 0 Å². The van der Waals surface area contributed by atoms with Gasteiger partial charge in [0, 0.05) is 19.5 Å². The van der Waals surface area contributed by atoms with Crippen LogP contribution >= 0.6 is 27.5 Å². The summed E-state index contributed by atoms with van der Waals surface area (Å²) in [5.74, 6) is 0.652. The number of halogens is 2. The van der Waals surface area contributed by atoms with Crippen LogP contribution in [0.2, 0.25) is 0 Å². The maximum atomic E-state index is 12.0. The Hall–Kier alpha value is -0.180. The quantitative estimate of drug-likeness (QED) is 0.565. The van der Waals surface area contributed by atoms with Crippen LogP contribution in [0.3, 0.4) is 0 Å². The summed E-state index contributed by atoms with van der Waals surface area (Å²) in [4.78, 5) is 0. The molecule has 0 aliphatic rings. The number of unbranched alkanes of at least 4 members (excludes halogenated alkanes) is 3. The van der Waals surface area contributed by atoms with Crippen molar-refractivity contribution in [2.75, 3.05) is 12.4 Å². The first-order valence-corrected chi connectivity index (χ1v) is 8.41. The zero-order chi connectivity index (χ0) is 13.6. The van der Waals surface area contributed by atoms with Crippen LogP contribution in [0, 0.1) is 0 Å². The number of aromatic nitrogens is 3. The number of nitrogens with one attached hydrogen (secondary N) is 1. The van der Waals surface area contributed by atoms with E-state index < -0.39 is 10.0 Å². The van der Waals surface area contributed by atoms with Gasteiger partial charge < -0.3 is 0 Å². The van der Waals surface area contributed by atoms with E-state index in [0.717, 1.165) is 25.7 Å². The van der Waals surface area contributed by atoms with Gasteiger partial charge in [-0.2, -0.15) is 0 Å². The van der Waals surface area contributed by atoms with Crippen LogP contribution in [0.15, 0.2) is 9.63 Å². The summed E-state index contributed by atoms with van der Waals surface area (Å²) in [6.07, 6.45) is 3.73. The van der Waals surface area contributed by atoms with Crippen molar-refractivity contribution in [2.24, 2.45) is 7.05 Å². The molecule has 1 aromatic rings. The van der Waals surface area contributed by atoms with Crippen molar-refractivity contribution < 1.29 is 8.42 Å². The SMILES string of the molecule is Cn1nnc(Br)c1S(=O)(=O)NCCCCCCCl. The molecule has 0 radical (unpaired) electrons. The topological polar surface area (TPSA) is 76.9 Å². The highest BCUT2D eigenvalue weighted by molar-refractivity contribution is 9.10. The second-order valence-corrected chi connectivity index (χ2v) is 6.62. The van der Waals surface area contributed by atoms with Crippen LogP contribution in [0.1, 0.15) is 25.7 Å². The number of nitrogens with zero attached hydrogens (tertiary/aromatic N) is 3. The van der Waals surface area contributed by atoms with Crippen molar-refractivity contribution in [1.82, 2.24) is 19.7 Å². The molecule has 18 heavy (non-hydrogen) atoms. The molecule has 1 rings (SSSR count). The van der Waals surface area contributed by atoms with E-state index in [-0.39, 0.29) is 9.63 Å². The number of aryl methyl sites for hydroxylation is 1. The van der Waals surface area contributed by atoms with Crippen molar-refractivity contribution in [3.63, 3.8) is 0 Å².